The second-order valence-corrected chi connectivity index (χ2v) is 6.87. The van der Waals surface area contributed by atoms with Crippen LogP contribution in [-0.2, 0) is 11.2 Å². The molecule has 1 aliphatic heterocycles. The average molecular weight is 349 g/mol. The number of carbonyl (C=O) groups is 1. The Morgan fingerprint density at radius 1 is 1.12 bits per heavy atom. The van der Waals surface area contributed by atoms with Crippen molar-refractivity contribution in [1.82, 2.24) is 5.32 Å². The van der Waals surface area contributed by atoms with Crippen molar-refractivity contribution in [2.45, 2.75) is 18.6 Å². The Bertz CT molecular complexity index is 813. The third-order valence-electron chi connectivity index (χ3n) is 3.66. The molecule has 0 spiro atoms. The monoisotopic (exact) mass is 349 g/mol. The molecule has 1 amide bonds. The topological polar surface area (TPSA) is 53.8 Å². The smallest absolute Gasteiger partial charge is 0.239 e. The third-order valence-corrected chi connectivity index (χ3v) is 4.73. The molecule has 0 saturated carbocycles. The molecule has 4 nitrogen and oxygen atoms in total. The summed E-state index contributed by atoms with van der Waals surface area (Å²) in [5, 5.41) is 11.5. The Labute approximate surface area is 151 Å². The van der Waals surface area contributed by atoms with Crippen LogP contribution in [-0.4, -0.2) is 22.0 Å². The van der Waals surface area contributed by atoms with Crippen LogP contribution in [0.1, 0.15) is 18.1 Å². The second kappa shape index (κ2) is 8.44. The quantitative estimate of drug-likeness (QED) is 0.657. The van der Waals surface area contributed by atoms with E-state index in [0.29, 0.717) is 11.6 Å². The molecule has 1 aliphatic rings. The van der Waals surface area contributed by atoms with Gasteiger partial charge in [0.2, 0.25) is 5.91 Å². The first-order valence-corrected chi connectivity index (χ1v) is 8.95. The number of nitrogens with one attached hydrogen (secondary N) is 1. The predicted octanol–water partition coefficient (Wildman–Crippen LogP) is 3.91. The summed E-state index contributed by atoms with van der Waals surface area (Å²) in [5.74, 6) is -0.0136. The van der Waals surface area contributed by atoms with Gasteiger partial charge < -0.3 is 5.32 Å². The summed E-state index contributed by atoms with van der Waals surface area (Å²) >= 11 is 1.43. The lowest BCUT2D eigenvalue weighted by Crippen LogP contribution is -2.25. The zero-order chi connectivity index (χ0) is 17.5. The molecule has 1 atom stereocenters. The number of amides is 1. The van der Waals surface area contributed by atoms with Gasteiger partial charge in [-0.15, -0.1) is 5.10 Å². The fourth-order valence-electron chi connectivity index (χ4n) is 2.35. The summed E-state index contributed by atoms with van der Waals surface area (Å²) < 4.78 is 0. The molecule has 126 valence electrons. The van der Waals surface area contributed by atoms with Gasteiger partial charge >= 0.3 is 0 Å². The summed E-state index contributed by atoms with van der Waals surface area (Å²) in [4.78, 5) is 12.1. The van der Waals surface area contributed by atoms with Crippen molar-refractivity contribution in [1.29, 1.82) is 0 Å². The number of hydrogen-bond acceptors (Lipinski definition) is 4. The molecule has 0 aromatic heterocycles. The van der Waals surface area contributed by atoms with E-state index >= 15 is 0 Å². The van der Waals surface area contributed by atoms with Crippen molar-refractivity contribution in [3.05, 3.63) is 77.9 Å². The average Bonchev–Trinajstić information content (AvgIpc) is 2.99. The fourth-order valence-corrected chi connectivity index (χ4v) is 3.31. The van der Waals surface area contributed by atoms with Gasteiger partial charge in [0.15, 0.2) is 5.17 Å². The van der Waals surface area contributed by atoms with Crippen LogP contribution in [0.4, 0.5) is 0 Å². The minimum atomic E-state index is -0.156. The maximum Gasteiger partial charge on any atom is 0.239 e. The van der Waals surface area contributed by atoms with E-state index in [1.54, 1.807) is 0 Å². The van der Waals surface area contributed by atoms with Crippen LogP contribution < -0.4 is 5.32 Å². The summed E-state index contributed by atoms with van der Waals surface area (Å²) in [7, 11) is 0. The van der Waals surface area contributed by atoms with Crippen molar-refractivity contribution in [3.8, 4) is 0 Å². The first-order valence-electron chi connectivity index (χ1n) is 8.07. The van der Waals surface area contributed by atoms with Gasteiger partial charge in [-0.1, -0.05) is 78.5 Å². The van der Waals surface area contributed by atoms with E-state index in [9.17, 15) is 4.79 Å². The second-order valence-electron chi connectivity index (χ2n) is 5.68. The highest BCUT2D eigenvalue weighted by Gasteiger charge is 2.30. The summed E-state index contributed by atoms with van der Waals surface area (Å²) in [6, 6.07) is 20.0. The largest absolute Gasteiger partial charge is 0.303 e. The Kier molecular flexibility index (Phi) is 5.80. The highest BCUT2D eigenvalue weighted by molar-refractivity contribution is 8.15. The first kappa shape index (κ1) is 17.2. The Hall–Kier alpha value is -2.66. The zero-order valence-electron chi connectivity index (χ0n) is 13.9. The number of allylic oxidation sites excluding steroid dienone is 1. The predicted molar refractivity (Wildman–Crippen MR) is 106 cm³/mol. The van der Waals surface area contributed by atoms with E-state index in [0.717, 1.165) is 16.8 Å². The van der Waals surface area contributed by atoms with Gasteiger partial charge in [0.05, 0.1) is 11.0 Å². The highest BCUT2D eigenvalue weighted by Crippen LogP contribution is 2.23. The molecule has 0 radical (unpaired) electrons. The summed E-state index contributed by atoms with van der Waals surface area (Å²) in [5.41, 5.74) is 3.02. The lowest BCUT2D eigenvalue weighted by Gasteiger charge is -2.04. The van der Waals surface area contributed by atoms with Gasteiger partial charge in [-0.3, -0.25) is 4.79 Å². The maximum absolute atomic E-state index is 12.1. The van der Waals surface area contributed by atoms with Gasteiger partial charge in [0.1, 0.15) is 0 Å². The van der Waals surface area contributed by atoms with Gasteiger partial charge in [0, 0.05) is 0 Å². The summed E-state index contributed by atoms with van der Waals surface area (Å²) in [6.07, 6.45) is 4.58. The number of nitrogens with zero attached hydrogens (tertiary/aromatic N) is 2. The van der Waals surface area contributed by atoms with E-state index in [-0.39, 0.29) is 11.2 Å². The third kappa shape index (κ3) is 5.16. The van der Waals surface area contributed by atoms with Crippen molar-refractivity contribution >= 4 is 34.6 Å². The molecule has 25 heavy (non-hydrogen) atoms. The van der Waals surface area contributed by atoms with E-state index in [2.05, 4.69) is 15.5 Å². The molecule has 1 N–H and O–H groups in total. The van der Waals surface area contributed by atoms with E-state index in [1.165, 1.54) is 11.8 Å². The number of thioether (sulfide) groups is 1. The van der Waals surface area contributed by atoms with Gasteiger partial charge in [-0.25, -0.2) is 0 Å². The molecule has 1 fully saturated rings. The molecule has 1 heterocycles. The van der Waals surface area contributed by atoms with Crippen LogP contribution in [0, 0.1) is 0 Å². The number of carbonyl (C=O) groups excluding carboxylic acids is 1. The normalized spacial score (nSPS) is 19.6. The number of hydrogen-bond donors (Lipinski definition) is 1. The van der Waals surface area contributed by atoms with Crippen LogP contribution in [0.2, 0.25) is 0 Å². The molecule has 2 aromatic carbocycles. The molecule has 5 heteroatoms. The van der Waals surface area contributed by atoms with E-state index in [1.807, 2.05) is 79.7 Å². The maximum atomic E-state index is 12.1. The minimum Gasteiger partial charge on any atom is -0.303 e. The van der Waals surface area contributed by atoms with Crippen LogP contribution in [0.3, 0.4) is 0 Å². The van der Waals surface area contributed by atoms with Gasteiger partial charge in [-0.2, -0.15) is 5.10 Å². The summed E-state index contributed by atoms with van der Waals surface area (Å²) in [6.45, 7) is 1.88. The van der Waals surface area contributed by atoms with Crippen molar-refractivity contribution < 1.29 is 4.79 Å². The van der Waals surface area contributed by atoms with Crippen molar-refractivity contribution in [2.75, 3.05) is 0 Å². The Morgan fingerprint density at radius 3 is 2.52 bits per heavy atom. The minimum absolute atomic E-state index is 0.0136. The molecule has 1 unspecified atom stereocenters. The molecule has 2 aromatic rings. The standard InChI is InChI=1S/C20H19N3OS/c1-15(12-13-16-8-4-2-5-9-16)22-23-20-21-19(24)18(25-20)14-17-10-6-3-7-11-17/h2-13,18H,14H2,1H3,(H,21,23,24)/b13-12+,22-15+. The van der Waals surface area contributed by atoms with E-state index < -0.39 is 0 Å². The van der Waals surface area contributed by atoms with Crippen molar-refractivity contribution in [2.24, 2.45) is 10.2 Å². The lowest BCUT2D eigenvalue weighted by molar-refractivity contribution is -0.118. The molecule has 0 aliphatic carbocycles. The van der Waals surface area contributed by atoms with Crippen LogP contribution in [0.25, 0.3) is 6.08 Å². The molecule has 1 saturated heterocycles. The lowest BCUT2D eigenvalue weighted by atomic mass is 10.1. The molecule has 3 rings (SSSR count). The fraction of sp³-hybridized carbons (Fsp3) is 0.150. The number of amidine groups is 1. The van der Waals surface area contributed by atoms with Crippen LogP contribution in [0.15, 0.2) is 76.9 Å². The number of benzene rings is 2. The zero-order valence-corrected chi connectivity index (χ0v) is 14.7. The van der Waals surface area contributed by atoms with Crippen molar-refractivity contribution in [3.63, 3.8) is 0 Å². The van der Waals surface area contributed by atoms with Crippen LogP contribution >= 0.6 is 11.8 Å². The first-order chi connectivity index (χ1) is 12.2. The Morgan fingerprint density at radius 2 is 1.80 bits per heavy atom. The Balaban J connectivity index is 1.60. The highest BCUT2D eigenvalue weighted by atomic mass is 32.2. The molecular weight excluding hydrogens is 330 g/mol. The van der Waals surface area contributed by atoms with Gasteiger partial charge in [0.25, 0.3) is 0 Å². The van der Waals surface area contributed by atoms with Crippen LogP contribution in [0.5, 0.6) is 0 Å². The van der Waals surface area contributed by atoms with Gasteiger partial charge in [-0.05, 0) is 30.5 Å². The molecule has 0 bridgehead atoms. The number of rotatable bonds is 5. The molecular formula is C20H19N3OS. The SMILES string of the molecule is CC(/C=C/c1ccccc1)=N\N=C1/NC(=O)C(Cc2ccccc2)S1. The van der Waals surface area contributed by atoms with E-state index in [4.69, 9.17) is 0 Å².